The van der Waals surface area contributed by atoms with Crippen molar-refractivity contribution in [2.24, 2.45) is 0 Å². The van der Waals surface area contributed by atoms with E-state index in [4.69, 9.17) is 0 Å². The second kappa shape index (κ2) is 6.46. The molecule has 4 heterocycles. The minimum atomic E-state index is -4.36. The number of anilines is 1. The van der Waals surface area contributed by atoms with Gasteiger partial charge in [-0.1, -0.05) is 6.07 Å². The third-order valence-electron chi connectivity index (χ3n) is 5.81. The SMILES string of the molecule is FC(F)(F)c1ccc2c(N3CCCC(c4nnc5n4CCC5)C3)ccnc2c1. The monoisotopic (exact) mass is 387 g/mol. The van der Waals surface area contributed by atoms with Gasteiger partial charge in [0.2, 0.25) is 0 Å². The Morgan fingerprint density at radius 3 is 2.79 bits per heavy atom. The number of benzene rings is 1. The summed E-state index contributed by atoms with van der Waals surface area (Å²) < 4.78 is 41.3. The summed E-state index contributed by atoms with van der Waals surface area (Å²) in [6.07, 6.45) is 1.39. The second-order valence-corrected chi connectivity index (χ2v) is 7.57. The predicted molar refractivity (Wildman–Crippen MR) is 99.3 cm³/mol. The molecule has 1 saturated heterocycles. The highest BCUT2D eigenvalue weighted by Gasteiger charge is 2.32. The lowest BCUT2D eigenvalue weighted by atomic mass is 9.96. The molecule has 8 heteroatoms. The Morgan fingerprint density at radius 2 is 1.93 bits per heavy atom. The van der Waals surface area contributed by atoms with E-state index < -0.39 is 11.7 Å². The summed E-state index contributed by atoms with van der Waals surface area (Å²) in [6, 6.07) is 5.71. The van der Waals surface area contributed by atoms with Crippen molar-refractivity contribution in [1.82, 2.24) is 19.7 Å². The lowest BCUT2D eigenvalue weighted by Crippen LogP contribution is -2.35. The Balaban J connectivity index is 1.47. The number of pyridine rings is 1. The Labute approximate surface area is 160 Å². The van der Waals surface area contributed by atoms with Gasteiger partial charge in [0.05, 0.1) is 11.1 Å². The molecular formula is C20H20F3N5. The van der Waals surface area contributed by atoms with Crippen molar-refractivity contribution >= 4 is 16.6 Å². The molecule has 1 atom stereocenters. The average molecular weight is 387 g/mol. The number of aryl methyl sites for hydroxylation is 1. The van der Waals surface area contributed by atoms with E-state index in [0.29, 0.717) is 5.52 Å². The maximum atomic E-state index is 13.0. The third-order valence-corrected chi connectivity index (χ3v) is 5.81. The summed E-state index contributed by atoms with van der Waals surface area (Å²) in [5.74, 6) is 2.40. The van der Waals surface area contributed by atoms with Crippen molar-refractivity contribution < 1.29 is 13.2 Å². The van der Waals surface area contributed by atoms with Gasteiger partial charge in [0.1, 0.15) is 11.6 Å². The summed E-state index contributed by atoms with van der Waals surface area (Å²) in [5, 5.41) is 9.52. The highest BCUT2D eigenvalue weighted by atomic mass is 19.4. The molecule has 1 unspecified atom stereocenters. The van der Waals surface area contributed by atoms with Crippen LogP contribution < -0.4 is 4.90 Å². The van der Waals surface area contributed by atoms with Crippen LogP contribution in [0.2, 0.25) is 0 Å². The molecule has 146 valence electrons. The Bertz CT molecular complexity index is 1030. The van der Waals surface area contributed by atoms with Gasteiger partial charge in [0.25, 0.3) is 0 Å². The van der Waals surface area contributed by atoms with Crippen molar-refractivity contribution in [3.05, 3.63) is 47.7 Å². The van der Waals surface area contributed by atoms with Gasteiger partial charge in [-0.05, 0) is 37.5 Å². The number of nitrogens with zero attached hydrogens (tertiary/aromatic N) is 5. The van der Waals surface area contributed by atoms with Crippen molar-refractivity contribution in [3.8, 4) is 0 Å². The van der Waals surface area contributed by atoms with Crippen LogP contribution in [-0.2, 0) is 19.1 Å². The van der Waals surface area contributed by atoms with Crippen LogP contribution in [0.5, 0.6) is 0 Å². The summed E-state index contributed by atoms with van der Waals surface area (Å²) in [5.41, 5.74) is 0.641. The molecule has 2 aliphatic rings. The first-order valence-corrected chi connectivity index (χ1v) is 9.63. The lowest BCUT2D eigenvalue weighted by Gasteiger charge is -2.34. The highest BCUT2D eigenvalue weighted by molar-refractivity contribution is 5.92. The fourth-order valence-electron chi connectivity index (χ4n) is 4.47. The van der Waals surface area contributed by atoms with E-state index in [-0.39, 0.29) is 5.92 Å². The number of rotatable bonds is 2. The average Bonchev–Trinajstić information content (AvgIpc) is 3.30. The van der Waals surface area contributed by atoms with Gasteiger partial charge in [-0.15, -0.1) is 10.2 Å². The van der Waals surface area contributed by atoms with Crippen molar-refractivity contribution in [3.63, 3.8) is 0 Å². The molecule has 0 saturated carbocycles. The minimum absolute atomic E-state index is 0.283. The molecule has 28 heavy (non-hydrogen) atoms. The van der Waals surface area contributed by atoms with Crippen LogP contribution in [0.15, 0.2) is 30.5 Å². The van der Waals surface area contributed by atoms with Crippen LogP contribution in [0, 0.1) is 0 Å². The second-order valence-electron chi connectivity index (χ2n) is 7.57. The van der Waals surface area contributed by atoms with E-state index in [0.717, 1.165) is 80.2 Å². The number of aromatic nitrogens is 4. The van der Waals surface area contributed by atoms with E-state index in [2.05, 4.69) is 24.6 Å². The first-order valence-electron chi connectivity index (χ1n) is 9.63. The zero-order valence-corrected chi connectivity index (χ0v) is 15.3. The van der Waals surface area contributed by atoms with Crippen LogP contribution in [0.1, 0.15) is 42.4 Å². The Kier molecular flexibility index (Phi) is 4.03. The van der Waals surface area contributed by atoms with Crippen LogP contribution >= 0.6 is 0 Å². The van der Waals surface area contributed by atoms with Crippen LogP contribution in [0.4, 0.5) is 18.9 Å². The number of fused-ring (bicyclic) bond motifs is 2. The number of alkyl halides is 3. The molecule has 0 N–H and O–H groups in total. The van der Waals surface area contributed by atoms with E-state index in [1.54, 1.807) is 12.3 Å². The topological polar surface area (TPSA) is 46.8 Å². The molecule has 2 aromatic heterocycles. The number of hydrogen-bond acceptors (Lipinski definition) is 4. The van der Waals surface area contributed by atoms with Gasteiger partial charge < -0.3 is 9.47 Å². The standard InChI is InChI=1S/C20H20F3N5/c21-20(22,23)14-5-6-15-16(11-14)24-8-7-17(15)27-9-1-3-13(12-27)19-26-25-18-4-2-10-28(18)19/h5-8,11,13H,1-4,9-10,12H2. The summed E-state index contributed by atoms with van der Waals surface area (Å²) in [6.45, 7) is 2.64. The Hall–Kier alpha value is -2.64. The molecule has 1 aromatic carbocycles. The summed E-state index contributed by atoms with van der Waals surface area (Å²) >= 11 is 0. The van der Waals surface area contributed by atoms with Crippen LogP contribution in [0.3, 0.4) is 0 Å². The summed E-state index contributed by atoms with van der Waals surface area (Å²) in [7, 11) is 0. The third kappa shape index (κ3) is 2.91. The molecule has 0 amide bonds. The van der Waals surface area contributed by atoms with E-state index in [9.17, 15) is 13.2 Å². The first kappa shape index (κ1) is 17.5. The molecule has 3 aromatic rings. The van der Waals surface area contributed by atoms with Crippen molar-refractivity contribution in [1.29, 1.82) is 0 Å². The highest BCUT2D eigenvalue weighted by Crippen LogP contribution is 2.36. The summed E-state index contributed by atoms with van der Waals surface area (Å²) in [4.78, 5) is 6.43. The number of halogens is 3. The van der Waals surface area contributed by atoms with Crippen LogP contribution in [0.25, 0.3) is 10.9 Å². The van der Waals surface area contributed by atoms with Gasteiger partial charge in [0.15, 0.2) is 0 Å². The van der Waals surface area contributed by atoms with Gasteiger partial charge in [-0.3, -0.25) is 4.98 Å². The van der Waals surface area contributed by atoms with E-state index in [1.807, 2.05) is 6.07 Å². The maximum absolute atomic E-state index is 13.0. The lowest BCUT2D eigenvalue weighted by molar-refractivity contribution is -0.137. The number of piperidine rings is 1. The molecule has 0 bridgehead atoms. The fraction of sp³-hybridized carbons (Fsp3) is 0.450. The molecule has 5 nitrogen and oxygen atoms in total. The molecule has 1 fully saturated rings. The van der Waals surface area contributed by atoms with Gasteiger partial charge in [-0.2, -0.15) is 13.2 Å². The fourth-order valence-corrected chi connectivity index (χ4v) is 4.47. The van der Waals surface area contributed by atoms with Gasteiger partial charge in [-0.25, -0.2) is 0 Å². The largest absolute Gasteiger partial charge is 0.416 e. The molecule has 0 radical (unpaired) electrons. The molecule has 0 aliphatic carbocycles. The van der Waals surface area contributed by atoms with Crippen molar-refractivity contribution in [2.45, 2.75) is 44.3 Å². The first-order chi connectivity index (χ1) is 13.5. The quantitative estimate of drug-likeness (QED) is 0.662. The molecular weight excluding hydrogens is 367 g/mol. The zero-order valence-electron chi connectivity index (χ0n) is 15.3. The van der Waals surface area contributed by atoms with E-state index in [1.165, 1.54) is 0 Å². The minimum Gasteiger partial charge on any atom is -0.370 e. The van der Waals surface area contributed by atoms with E-state index >= 15 is 0 Å². The van der Waals surface area contributed by atoms with Crippen LogP contribution in [-0.4, -0.2) is 32.8 Å². The van der Waals surface area contributed by atoms with Gasteiger partial charge in [0, 0.05) is 49.2 Å². The number of hydrogen-bond donors (Lipinski definition) is 0. The smallest absolute Gasteiger partial charge is 0.370 e. The van der Waals surface area contributed by atoms with Crippen molar-refractivity contribution in [2.75, 3.05) is 18.0 Å². The molecule has 2 aliphatic heterocycles. The molecule has 0 spiro atoms. The predicted octanol–water partition coefficient (Wildman–Crippen LogP) is 4.18. The normalized spacial score (nSPS) is 20.0. The Morgan fingerprint density at radius 1 is 1.04 bits per heavy atom. The maximum Gasteiger partial charge on any atom is 0.416 e. The zero-order chi connectivity index (χ0) is 19.3. The van der Waals surface area contributed by atoms with Gasteiger partial charge >= 0.3 is 6.18 Å². The molecule has 5 rings (SSSR count).